The molecule has 0 N–H and O–H groups in total. The Bertz CT molecular complexity index is 1210. The number of aromatic nitrogens is 3. The summed E-state index contributed by atoms with van der Waals surface area (Å²) in [7, 11) is 1.79. The number of fused-ring (bicyclic) bond motifs is 1. The normalized spacial score (nSPS) is 11.0. The van der Waals surface area contributed by atoms with Crippen LogP contribution in [0.4, 0.5) is 0 Å². The summed E-state index contributed by atoms with van der Waals surface area (Å²) in [5, 5.41) is 0. The number of nitrogens with zero attached hydrogens (tertiary/aromatic N) is 4. The highest BCUT2D eigenvalue weighted by Gasteiger charge is 2.17. The smallest absolute Gasteiger partial charge is 0.272 e. The highest BCUT2D eigenvalue weighted by atomic mass is 16.5. The zero-order chi connectivity index (χ0) is 23.2. The Hall–Kier alpha value is -3.67. The van der Waals surface area contributed by atoms with Crippen LogP contribution in [0.5, 0.6) is 5.75 Å². The molecule has 4 aromatic rings. The van der Waals surface area contributed by atoms with Gasteiger partial charge in [-0.1, -0.05) is 24.3 Å². The van der Waals surface area contributed by atoms with Crippen molar-refractivity contribution in [2.45, 2.75) is 39.8 Å². The van der Waals surface area contributed by atoms with Gasteiger partial charge in [0.15, 0.2) is 0 Å². The fraction of sp³-hybridized carbons (Fsp3) is 0.296. The van der Waals surface area contributed by atoms with Gasteiger partial charge in [-0.25, -0.2) is 4.98 Å². The summed E-state index contributed by atoms with van der Waals surface area (Å²) in [5.41, 5.74) is 4.89. The van der Waals surface area contributed by atoms with Gasteiger partial charge in [0.1, 0.15) is 17.3 Å². The van der Waals surface area contributed by atoms with Crippen molar-refractivity contribution in [1.29, 1.82) is 0 Å². The van der Waals surface area contributed by atoms with Gasteiger partial charge in [-0.05, 0) is 74.2 Å². The summed E-state index contributed by atoms with van der Waals surface area (Å²) < 4.78 is 8.18. The van der Waals surface area contributed by atoms with Gasteiger partial charge in [0, 0.05) is 19.8 Å². The Morgan fingerprint density at radius 1 is 1.00 bits per heavy atom. The Morgan fingerprint density at radius 2 is 1.76 bits per heavy atom. The highest BCUT2D eigenvalue weighted by Crippen LogP contribution is 2.20. The van der Waals surface area contributed by atoms with Crippen molar-refractivity contribution in [2.24, 2.45) is 0 Å². The molecule has 0 aliphatic heterocycles. The molecule has 0 spiro atoms. The average molecular weight is 443 g/mol. The molecular formula is C27H30N4O2. The molecule has 0 saturated carbocycles. The van der Waals surface area contributed by atoms with Crippen LogP contribution in [0, 0.1) is 13.8 Å². The number of pyridine rings is 1. The number of hydrogen-bond acceptors (Lipinski definition) is 4. The molecule has 1 amide bonds. The molecule has 0 aliphatic rings. The Kier molecular flexibility index (Phi) is 7.03. The predicted molar refractivity (Wildman–Crippen MR) is 130 cm³/mol. The van der Waals surface area contributed by atoms with E-state index in [0.29, 0.717) is 18.8 Å². The SMILES string of the molecule is Cc1cc(C)cc(OCCCCn2c(CN(C)C(=O)c3ccccn3)nc3ccccc32)c1. The number of benzene rings is 2. The summed E-state index contributed by atoms with van der Waals surface area (Å²) >= 11 is 0. The second-order valence-electron chi connectivity index (χ2n) is 8.42. The molecule has 170 valence electrons. The van der Waals surface area contributed by atoms with Crippen LogP contribution in [0.2, 0.25) is 0 Å². The molecule has 33 heavy (non-hydrogen) atoms. The Balaban J connectivity index is 1.41. The number of aryl methyl sites for hydroxylation is 3. The van der Waals surface area contributed by atoms with E-state index in [1.165, 1.54) is 11.1 Å². The lowest BCUT2D eigenvalue weighted by molar-refractivity contribution is 0.0774. The molecule has 6 nitrogen and oxygen atoms in total. The number of ether oxygens (including phenoxy) is 1. The summed E-state index contributed by atoms with van der Waals surface area (Å²) in [6.07, 6.45) is 3.52. The van der Waals surface area contributed by atoms with Crippen LogP contribution in [0.3, 0.4) is 0 Å². The van der Waals surface area contributed by atoms with Gasteiger partial charge in [0.25, 0.3) is 5.91 Å². The van der Waals surface area contributed by atoms with Crippen molar-refractivity contribution in [1.82, 2.24) is 19.4 Å². The largest absolute Gasteiger partial charge is 0.494 e. The average Bonchev–Trinajstić information content (AvgIpc) is 3.15. The molecule has 4 rings (SSSR count). The molecule has 2 aromatic carbocycles. The molecule has 0 saturated heterocycles. The quantitative estimate of drug-likeness (QED) is 0.335. The number of imidazole rings is 1. The van der Waals surface area contributed by atoms with Gasteiger partial charge in [-0.3, -0.25) is 9.78 Å². The maximum atomic E-state index is 12.8. The van der Waals surface area contributed by atoms with E-state index in [9.17, 15) is 4.79 Å². The van der Waals surface area contributed by atoms with Crippen molar-refractivity contribution in [3.8, 4) is 5.75 Å². The van der Waals surface area contributed by atoms with Crippen molar-refractivity contribution in [2.75, 3.05) is 13.7 Å². The van der Waals surface area contributed by atoms with E-state index in [4.69, 9.17) is 9.72 Å². The zero-order valence-electron chi connectivity index (χ0n) is 19.5. The fourth-order valence-corrected chi connectivity index (χ4v) is 4.04. The van der Waals surface area contributed by atoms with E-state index in [2.05, 4.69) is 47.7 Å². The summed E-state index contributed by atoms with van der Waals surface area (Å²) in [4.78, 5) is 23.4. The van der Waals surface area contributed by atoms with Gasteiger partial charge in [-0.15, -0.1) is 0 Å². The molecule has 0 radical (unpaired) electrons. The number of carbonyl (C=O) groups excluding carboxylic acids is 1. The first kappa shape index (κ1) is 22.5. The van der Waals surface area contributed by atoms with E-state index in [1.807, 2.05) is 24.3 Å². The Labute approximate surface area is 194 Å². The predicted octanol–water partition coefficient (Wildman–Crippen LogP) is 5.18. The van der Waals surface area contributed by atoms with Crippen molar-refractivity contribution < 1.29 is 9.53 Å². The topological polar surface area (TPSA) is 60.2 Å². The lowest BCUT2D eigenvalue weighted by atomic mass is 10.1. The van der Waals surface area contributed by atoms with E-state index >= 15 is 0 Å². The first-order valence-electron chi connectivity index (χ1n) is 11.3. The lowest BCUT2D eigenvalue weighted by Crippen LogP contribution is -2.28. The first-order valence-corrected chi connectivity index (χ1v) is 11.3. The maximum Gasteiger partial charge on any atom is 0.272 e. The number of unbranched alkanes of at least 4 members (excludes halogenated alkanes) is 1. The minimum Gasteiger partial charge on any atom is -0.494 e. The molecule has 0 atom stereocenters. The minimum absolute atomic E-state index is 0.115. The van der Waals surface area contributed by atoms with Crippen LogP contribution >= 0.6 is 0 Å². The molecule has 0 unspecified atom stereocenters. The summed E-state index contributed by atoms with van der Waals surface area (Å²) in [6, 6.07) is 19.8. The molecule has 6 heteroatoms. The highest BCUT2D eigenvalue weighted by molar-refractivity contribution is 5.92. The second-order valence-corrected chi connectivity index (χ2v) is 8.42. The zero-order valence-corrected chi connectivity index (χ0v) is 19.5. The van der Waals surface area contributed by atoms with E-state index in [1.54, 1.807) is 30.3 Å². The van der Waals surface area contributed by atoms with Crippen LogP contribution in [0.1, 0.15) is 40.3 Å². The molecule has 0 bridgehead atoms. The maximum absolute atomic E-state index is 12.8. The van der Waals surface area contributed by atoms with Crippen molar-refractivity contribution >= 4 is 16.9 Å². The van der Waals surface area contributed by atoms with E-state index in [0.717, 1.165) is 42.0 Å². The van der Waals surface area contributed by atoms with Gasteiger partial charge in [0.2, 0.25) is 0 Å². The second kappa shape index (κ2) is 10.3. The molecular weight excluding hydrogens is 412 g/mol. The number of rotatable bonds is 9. The monoisotopic (exact) mass is 442 g/mol. The van der Waals surface area contributed by atoms with Gasteiger partial charge >= 0.3 is 0 Å². The van der Waals surface area contributed by atoms with Crippen molar-refractivity contribution in [3.63, 3.8) is 0 Å². The van der Waals surface area contributed by atoms with Crippen LogP contribution in [-0.2, 0) is 13.1 Å². The standard InChI is InChI=1S/C27H30N4O2/c1-20-16-21(2)18-22(17-20)33-15-9-8-14-31-25-12-5-4-10-23(25)29-26(31)19-30(3)27(32)24-11-6-7-13-28-24/h4-7,10-13,16-18H,8-9,14-15,19H2,1-3H3. The summed E-state index contributed by atoms with van der Waals surface area (Å²) in [5.74, 6) is 1.69. The molecule has 2 heterocycles. The Morgan fingerprint density at radius 3 is 2.52 bits per heavy atom. The number of amides is 1. The van der Waals surface area contributed by atoms with Gasteiger partial charge < -0.3 is 14.2 Å². The van der Waals surface area contributed by atoms with Crippen LogP contribution in [-0.4, -0.2) is 39.0 Å². The molecule has 0 aliphatic carbocycles. The lowest BCUT2D eigenvalue weighted by Gasteiger charge is -2.18. The van der Waals surface area contributed by atoms with Crippen LogP contribution in [0.25, 0.3) is 11.0 Å². The number of hydrogen-bond donors (Lipinski definition) is 0. The summed E-state index contributed by atoms with van der Waals surface area (Å²) in [6.45, 7) is 6.08. The van der Waals surface area contributed by atoms with Crippen molar-refractivity contribution in [3.05, 3.63) is 89.5 Å². The third-order valence-electron chi connectivity index (χ3n) is 5.58. The fourth-order valence-electron chi connectivity index (χ4n) is 4.04. The van der Waals surface area contributed by atoms with E-state index in [-0.39, 0.29) is 5.91 Å². The first-order chi connectivity index (χ1) is 16.0. The third-order valence-corrected chi connectivity index (χ3v) is 5.58. The minimum atomic E-state index is -0.115. The van der Waals surface area contributed by atoms with Gasteiger partial charge in [0.05, 0.1) is 24.2 Å². The molecule has 0 fully saturated rings. The van der Waals surface area contributed by atoms with Gasteiger partial charge in [-0.2, -0.15) is 0 Å². The third kappa shape index (κ3) is 5.58. The number of para-hydroxylation sites is 2. The van der Waals surface area contributed by atoms with Crippen LogP contribution in [0.15, 0.2) is 66.9 Å². The van der Waals surface area contributed by atoms with Crippen LogP contribution < -0.4 is 4.74 Å². The van der Waals surface area contributed by atoms with E-state index < -0.39 is 0 Å². The molecule has 2 aromatic heterocycles. The number of carbonyl (C=O) groups is 1.